The van der Waals surface area contributed by atoms with E-state index in [1.165, 1.54) is 0 Å². The van der Waals surface area contributed by atoms with Crippen LogP contribution in [-0.4, -0.2) is 52.0 Å². The molecule has 1 N–H and O–H groups in total. The normalized spacial score (nSPS) is 17.7. The molecular weight excluding hydrogens is 382 g/mol. The lowest BCUT2D eigenvalue weighted by Gasteiger charge is -2.23. The van der Waals surface area contributed by atoms with Crippen molar-refractivity contribution < 1.29 is 23.0 Å². The molecule has 2 unspecified atom stereocenters. The molecule has 0 saturated carbocycles. The molecule has 3 rings (SSSR count). The third kappa shape index (κ3) is 4.61. The van der Waals surface area contributed by atoms with Crippen molar-refractivity contribution in [3.63, 3.8) is 0 Å². The van der Waals surface area contributed by atoms with Gasteiger partial charge in [-0.2, -0.15) is 4.83 Å². The van der Waals surface area contributed by atoms with E-state index in [2.05, 4.69) is 4.83 Å². The number of hydrazine groups is 1. The summed E-state index contributed by atoms with van der Waals surface area (Å²) in [6.45, 7) is 0.674. The quantitative estimate of drug-likeness (QED) is 0.680. The Bertz CT molecular complexity index is 828. The van der Waals surface area contributed by atoms with Gasteiger partial charge in [0.25, 0.3) is 0 Å². The van der Waals surface area contributed by atoms with E-state index < -0.39 is 11.3 Å². The SMILES string of the molecule is COc1ccc(CCN2C(=O)N(NS(=O)[O-])CC2c2ccc(OC)cc2)cc1. The summed E-state index contributed by atoms with van der Waals surface area (Å²) in [5.41, 5.74) is 1.96. The summed E-state index contributed by atoms with van der Waals surface area (Å²) in [6, 6.07) is 14.4. The lowest BCUT2D eigenvalue weighted by atomic mass is 10.1. The molecule has 0 aromatic heterocycles. The standard InChI is InChI=1S/C19H23N3O5S/c1-26-16-7-3-14(4-8-16)11-12-21-18(13-22(19(21)23)20-28(24)25)15-5-9-17(27-2)10-6-15/h3-10,18,20H,11-13H2,1-2H3,(H,24,25)/p-1. The maximum atomic E-state index is 12.7. The van der Waals surface area contributed by atoms with Crippen molar-refractivity contribution in [1.82, 2.24) is 14.7 Å². The van der Waals surface area contributed by atoms with Crippen LogP contribution in [0.25, 0.3) is 0 Å². The fraction of sp³-hybridized carbons (Fsp3) is 0.316. The monoisotopic (exact) mass is 404 g/mol. The van der Waals surface area contributed by atoms with E-state index in [9.17, 15) is 13.6 Å². The van der Waals surface area contributed by atoms with Gasteiger partial charge in [-0.1, -0.05) is 24.3 Å². The van der Waals surface area contributed by atoms with E-state index in [0.717, 1.165) is 21.9 Å². The van der Waals surface area contributed by atoms with Crippen LogP contribution < -0.4 is 14.3 Å². The third-order valence-corrected chi connectivity index (χ3v) is 5.06. The molecule has 2 aromatic rings. The second-order valence-electron chi connectivity index (χ2n) is 6.30. The highest BCUT2D eigenvalue weighted by atomic mass is 32.2. The zero-order chi connectivity index (χ0) is 20.1. The number of carbonyl (C=O) groups excluding carboxylic acids is 1. The maximum absolute atomic E-state index is 12.7. The first-order chi connectivity index (χ1) is 13.5. The molecule has 150 valence electrons. The average molecular weight is 404 g/mol. The number of hydrogen-bond donors (Lipinski definition) is 1. The van der Waals surface area contributed by atoms with Crippen molar-refractivity contribution in [2.24, 2.45) is 0 Å². The largest absolute Gasteiger partial charge is 0.759 e. The first-order valence-electron chi connectivity index (χ1n) is 8.72. The van der Waals surface area contributed by atoms with Gasteiger partial charge in [-0.3, -0.25) is 4.21 Å². The molecule has 9 heteroatoms. The number of benzene rings is 2. The minimum absolute atomic E-state index is 0.224. The van der Waals surface area contributed by atoms with Crippen LogP contribution in [0.3, 0.4) is 0 Å². The van der Waals surface area contributed by atoms with Gasteiger partial charge in [-0.15, -0.1) is 0 Å². The maximum Gasteiger partial charge on any atom is 0.335 e. The number of nitrogens with zero attached hydrogens (tertiary/aromatic N) is 2. The van der Waals surface area contributed by atoms with Crippen molar-refractivity contribution in [3.8, 4) is 11.5 Å². The minimum Gasteiger partial charge on any atom is -0.759 e. The first-order valence-corrected chi connectivity index (χ1v) is 9.80. The lowest BCUT2D eigenvalue weighted by Crippen LogP contribution is -2.42. The predicted molar refractivity (Wildman–Crippen MR) is 103 cm³/mol. The summed E-state index contributed by atoms with van der Waals surface area (Å²) < 4.78 is 32.4. The van der Waals surface area contributed by atoms with Gasteiger partial charge in [0.2, 0.25) is 0 Å². The van der Waals surface area contributed by atoms with Crippen LogP contribution in [-0.2, 0) is 17.7 Å². The lowest BCUT2D eigenvalue weighted by molar-refractivity contribution is 0.182. The Morgan fingerprint density at radius 2 is 1.64 bits per heavy atom. The van der Waals surface area contributed by atoms with Crippen molar-refractivity contribution in [2.45, 2.75) is 12.5 Å². The van der Waals surface area contributed by atoms with E-state index in [1.54, 1.807) is 19.1 Å². The fourth-order valence-electron chi connectivity index (χ4n) is 3.21. The molecule has 1 aliphatic rings. The molecule has 8 nitrogen and oxygen atoms in total. The minimum atomic E-state index is -2.57. The molecule has 1 aliphatic heterocycles. The highest BCUT2D eigenvalue weighted by molar-refractivity contribution is 7.77. The number of amides is 2. The molecule has 0 bridgehead atoms. The second kappa shape index (κ2) is 9.05. The van der Waals surface area contributed by atoms with Crippen molar-refractivity contribution in [1.29, 1.82) is 0 Å². The van der Waals surface area contributed by atoms with Gasteiger partial charge in [0.15, 0.2) is 0 Å². The predicted octanol–water partition coefficient (Wildman–Crippen LogP) is 2.02. The van der Waals surface area contributed by atoms with Gasteiger partial charge in [0, 0.05) is 17.8 Å². The van der Waals surface area contributed by atoms with Gasteiger partial charge in [0.1, 0.15) is 11.5 Å². The smallest absolute Gasteiger partial charge is 0.335 e. The van der Waals surface area contributed by atoms with Crippen LogP contribution >= 0.6 is 0 Å². The van der Waals surface area contributed by atoms with E-state index in [4.69, 9.17) is 9.47 Å². The number of methoxy groups -OCH3 is 2. The zero-order valence-corrected chi connectivity index (χ0v) is 16.5. The summed E-state index contributed by atoms with van der Waals surface area (Å²) in [7, 11) is 3.20. The van der Waals surface area contributed by atoms with Crippen molar-refractivity contribution in [3.05, 3.63) is 59.7 Å². The topological polar surface area (TPSA) is 94.2 Å². The van der Waals surface area contributed by atoms with Crippen LogP contribution in [0.15, 0.2) is 48.5 Å². The number of hydrogen-bond acceptors (Lipinski definition) is 5. The number of nitrogens with one attached hydrogen (secondary N) is 1. The molecule has 2 aromatic carbocycles. The van der Waals surface area contributed by atoms with Crippen molar-refractivity contribution in [2.75, 3.05) is 27.3 Å². The second-order valence-corrected chi connectivity index (χ2v) is 6.95. The number of rotatable bonds is 8. The van der Waals surface area contributed by atoms with E-state index >= 15 is 0 Å². The van der Waals surface area contributed by atoms with Gasteiger partial charge < -0.3 is 18.9 Å². The molecule has 1 heterocycles. The number of carbonyl (C=O) groups is 1. The first kappa shape index (κ1) is 20.1. The molecule has 2 amide bonds. The Morgan fingerprint density at radius 3 is 2.18 bits per heavy atom. The molecule has 2 atom stereocenters. The van der Waals surface area contributed by atoms with Gasteiger partial charge in [-0.05, 0) is 41.8 Å². The number of ether oxygens (including phenoxy) is 2. The van der Waals surface area contributed by atoms with Crippen LogP contribution in [0.4, 0.5) is 4.79 Å². The summed E-state index contributed by atoms with van der Waals surface area (Å²) in [5, 5.41) is 1.12. The molecule has 0 radical (unpaired) electrons. The zero-order valence-electron chi connectivity index (χ0n) is 15.7. The summed E-state index contributed by atoms with van der Waals surface area (Å²) >= 11 is -2.57. The van der Waals surface area contributed by atoms with Gasteiger partial charge in [-0.25, -0.2) is 9.80 Å². The fourth-order valence-corrected chi connectivity index (χ4v) is 3.54. The van der Waals surface area contributed by atoms with Crippen LogP contribution in [0.5, 0.6) is 11.5 Å². The average Bonchev–Trinajstić information content (AvgIpc) is 3.01. The van der Waals surface area contributed by atoms with E-state index in [0.29, 0.717) is 18.7 Å². The summed E-state index contributed by atoms with van der Waals surface area (Å²) in [6.07, 6.45) is 0.636. The molecular formula is C19H22N3O5S-. The van der Waals surface area contributed by atoms with E-state index in [-0.39, 0.29) is 18.6 Å². The van der Waals surface area contributed by atoms with Crippen LogP contribution in [0.1, 0.15) is 17.2 Å². The highest BCUT2D eigenvalue weighted by Gasteiger charge is 2.38. The summed E-state index contributed by atoms with van der Waals surface area (Å²) in [4.78, 5) is 16.6. The molecule has 1 fully saturated rings. The Hall–Kier alpha value is -2.62. The molecule has 1 saturated heterocycles. The molecule has 28 heavy (non-hydrogen) atoms. The van der Waals surface area contributed by atoms with Gasteiger partial charge >= 0.3 is 6.03 Å². The Morgan fingerprint density at radius 1 is 1.07 bits per heavy atom. The van der Waals surface area contributed by atoms with Crippen LogP contribution in [0, 0.1) is 0 Å². The summed E-state index contributed by atoms with van der Waals surface area (Å²) in [5.74, 6) is 1.49. The van der Waals surface area contributed by atoms with Crippen molar-refractivity contribution >= 4 is 17.3 Å². The van der Waals surface area contributed by atoms with Crippen LogP contribution in [0.2, 0.25) is 0 Å². The Balaban J connectivity index is 1.77. The molecule has 0 aliphatic carbocycles. The number of urea groups is 1. The highest BCUT2D eigenvalue weighted by Crippen LogP contribution is 2.30. The Kier molecular flexibility index (Phi) is 6.50. The molecule has 0 spiro atoms. The van der Waals surface area contributed by atoms with E-state index in [1.807, 2.05) is 48.5 Å². The van der Waals surface area contributed by atoms with Gasteiger partial charge in [0.05, 0.1) is 26.8 Å². The third-order valence-electron chi connectivity index (χ3n) is 4.69. The Labute approximate surface area is 166 Å².